The number of ether oxygens (including phenoxy) is 3. The summed E-state index contributed by atoms with van der Waals surface area (Å²) in [6, 6.07) is 22.6. The monoisotopic (exact) mass is 376 g/mol. The summed E-state index contributed by atoms with van der Waals surface area (Å²) in [6.45, 7) is 0.586. The molecule has 0 radical (unpaired) electrons. The van der Waals surface area contributed by atoms with E-state index in [1.54, 1.807) is 0 Å². The summed E-state index contributed by atoms with van der Waals surface area (Å²) in [5.74, 6) is 2.15. The third kappa shape index (κ3) is 4.54. The Kier molecular flexibility index (Phi) is 5.29. The molecule has 3 aromatic rings. The number of fused-ring (bicyclic) bond motifs is 1. The minimum atomic E-state index is -0.0904. The molecule has 0 bridgehead atoms. The van der Waals surface area contributed by atoms with Crippen molar-refractivity contribution in [3.63, 3.8) is 0 Å². The van der Waals surface area contributed by atoms with Gasteiger partial charge in [0.2, 0.25) is 12.7 Å². The Labute approximate surface area is 163 Å². The van der Waals surface area contributed by atoms with Crippen LogP contribution in [-0.2, 0) is 4.79 Å². The second-order valence-electron chi connectivity index (χ2n) is 6.23. The normalized spacial score (nSPS) is 11.7. The molecule has 0 aromatic heterocycles. The van der Waals surface area contributed by atoms with Gasteiger partial charge in [0.25, 0.3) is 0 Å². The van der Waals surface area contributed by atoms with Gasteiger partial charge < -0.3 is 24.8 Å². The number of rotatable bonds is 7. The SMILES string of the molecule is O=C(CCOc1ccccc1)Nc1ccc(Nc2ccc3c(c2)OCO3)cc1. The van der Waals surface area contributed by atoms with Gasteiger partial charge in [-0.3, -0.25) is 4.79 Å². The fraction of sp³-hybridized carbons (Fsp3) is 0.136. The van der Waals surface area contributed by atoms with Crippen LogP contribution in [0.15, 0.2) is 72.8 Å². The molecule has 0 unspecified atom stereocenters. The van der Waals surface area contributed by atoms with Gasteiger partial charge in [0.05, 0.1) is 13.0 Å². The zero-order valence-electron chi connectivity index (χ0n) is 15.2. The van der Waals surface area contributed by atoms with Crippen molar-refractivity contribution in [3.8, 4) is 17.2 Å². The topological polar surface area (TPSA) is 68.8 Å². The van der Waals surface area contributed by atoms with E-state index in [1.807, 2.05) is 72.8 Å². The van der Waals surface area contributed by atoms with E-state index >= 15 is 0 Å². The molecular formula is C22H20N2O4. The summed E-state index contributed by atoms with van der Waals surface area (Å²) < 4.78 is 16.2. The van der Waals surface area contributed by atoms with Crippen molar-refractivity contribution >= 4 is 23.0 Å². The molecule has 0 saturated heterocycles. The van der Waals surface area contributed by atoms with Gasteiger partial charge in [0.1, 0.15) is 5.75 Å². The van der Waals surface area contributed by atoms with E-state index in [0.29, 0.717) is 6.61 Å². The second kappa shape index (κ2) is 8.35. The van der Waals surface area contributed by atoms with E-state index in [9.17, 15) is 4.79 Å². The molecule has 3 aromatic carbocycles. The molecule has 142 valence electrons. The number of amides is 1. The smallest absolute Gasteiger partial charge is 0.231 e. The Hall–Kier alpha value is -3.67. The maximum Gasteiger partial charge on any atom is 0.231 e. The van der Waals surface area contributed by atoms with Crippen molar-refractivity contribution in [1.82, 2.24) is 0 Å². The molecule has 0 aliphatic carbocycles. The summed E-state index contributed by atoms with van der Waals surface area (Å²) in [4.78, 5) is 12.1. The van der Waals surface area contributed by atoms with Crippen LogP contribution < -0.4 is 24.8 Å². The van der Waals surface area contributed by atoms with Crippen LogP contribution in [-0.4, -0.2) is 19.3 Å². The van der Waals surface area contributed by atoms with Crippen LogP contribution in [0.4, 0.5) is 17.1 Å². The lowest BCUT2D eigenvalue weighted by Crippen LogP contribution is -2.15. The van der Waals surface area contributed by atoms with Crippen molar-refractivity contribution in [2.45, 2.75) is 6.42 Å². The summed E-state index contributed by atoms with van der Waals surface area (Å²) in [6.07, 6.45) is 0.284. The van der Waals surface area contributed by atoms with Crippen LogP contribution in [0, 0.1) is 0 Å². The van der Waals surface area contributed by atoms with E-state index in [2.05, 4.69) is 10.6 Å². The van der Waals surface area contributed by atoms with Crippen molar-refractivity contribution < 1.29 is 19.0 Å². The molecule has 0 spiro atoms. The molecule has 6 heteroatoms. The Morgan fingerprint density at radius 1 is 0.857 bits per heavy atom. The van der Waals surface area contributed by atoms with Crippen LogP contribution in [0.5, 0.6) is 17.2 Å². The molecule has 1 amide bonds. The predicted octanol–water partition coefficient (Wildman–Crippen LogP) is 4.57. The zero-order chi connectivity index (χ0) is 19.2. The van der Waals surface area contributed by atoms with Gasteiger partial charge in [-0.15, -0.1) is 0 Å². The van der Waals surface area contributed by atoms with Gasteiger partial charge in [-0.25, -0.2) is 0 Å². The number of hydrogen-bond donors (Lipinski definition) is 2. The fourth-order valence-corrected chi connectivity index (χ4v) is 2.78. The summed E-state index contributed by atoms with van der Waals surface area (Å²) in [7, 11) is 0. The molecule has 1 aliphatic heterocycles. The van der Waals surface area contributed by atoms with E-state index in [4.69, 9.17) is 14.2 Å². The van der Waals surface area contributed by atoms with E-state index in [0.717, 1.165) is 34.3 Å². The molecule has 1 heterocycles. The Bertz CT molecular complexity index is 943. The van der Waals surface area contributed by atoms with Gasteiger partial charge in [-0.2, -0.15) is 0 Å². The quantitative estimate of drug-likeness (QED) is 0.632. The number of carbonyl (C=O) groups excluding carboxylic acids is 1. The summed E-state index contributed by atoms with van der Waals surface area (Å²) >= 11 is 0. The minimum Gasteiger partial charge on any atom is -0.493 e. The van der Waals surface area contributed by atoms with E-state index in [-0.39, 0.29) is 19.1 Å². The summed E-state index contributed by atoms with van der Waals surface area (Å²) in [5.41, 5.74) is 2.55. The summed E-state index contributed by atoms with van der Waals surface area (Å²) in [5, 5.41) is 6.17. The van der Waals surface area contributed by atoms with Crippen molar-refractivity contribution in [2.24, 2.45) is 0 Å². The first kappa shape index (κ1) is 17.7. The Morgan fingerprint density at radius 3 is 2.39 bits per heavy atom. The van der Waals surface area contributed by atoms with E-state index in [1.165, 1.54) is 0 Å². The van der Waals surface area contributed by atoms with Gasteiger partial charge in [0.15, 0.2) is 11.5 Å². The lowest BCUT2D eigenvalue weighted by atomic mass is 10.2. The zero-order valence-corrected chi connectivity index (χ0v) is 15.2. The molecule has 28 heavy (non-hydrogen) atoms. The molecule has 0 fully saturated rings. The molecule has 6 nitrogen and oxygen atoms in total. The highest BCUT2D eigenvalue weighted by Gasteiger charge is 2.13. The van der Waals surface area contributed by atoms with Gasteiger partial charge in [-0.05, 0) is 48.5 Å². The highest BCUT2D eigenvalue weighted by atomic mass is 16.7. The fourth-order valence-electron chi connectivity index (χ4n) is 2.78. The third-order valence-electron chi connectivity index (χ3n) is 4.17. The average molecular weight is 376 g/mol. The maximum atomic E-state index is 12.1. The predicted molar refractivity (Wildman–Crippen MR) is 107 cm³/mol. The van der Waals surface area contributed by atoms with Crippen LogP contribution in [0.3, 0.4) is 0 Å². The van der Waals surface area contributed by atoms with Gasteiger partial charge in [-0.1, -0.05) is 18.2 Å². The van der Waals surface area contributed by atoms with Crippen molar-refractivity contribution in [1.29, 1.82) is 0 Å². The molecular weight excluding hydrogens is 356 g/mol. The lowest BCUT2D eigenvalue weighted by molar-refractivity contribution is -0.116. The molecule has 2 N–H and O–H groups in total. The lowest BCUT2D eigenvalue weighted by Gasteiger charge is -2.10. The van der Waals surface area contributed by atoms with Gasteiger partial charge in [0, 0.05) is 23.1 Å². The number of carbonyl (C=O) groups is 1. The Morgan fingerprint density at radius 2 is 1.57 bits per heavy atom. The van der Waals surface area contributed by atoms with Crippen LogP contribution >= 0.6 is 0 Å². The molecule has 4 rings (SSSR count). The second-order valence-corrected chi connectivity index (χ2v) is 6.23. The Balaban J connectivity index is 1.26. The molecule has 1 aliphatic rings. The minimum absolute atomic E-state index is 0.0904. The van der Waals surface area contributed by atoms with Crippen LogP contribution in [0.2, 0.25) is 0 Å². The molecule has 0 atom stereocenters. The third-order valence-corrected chi connectivity index (χ3v) is 4.17. The highest BCUT2D eigenvalue weighted by Crippen LogP contribution is 2.35. The number of anilines is 3. The van der Waals surface area contributed by atoms with Crippen LogP contribution in [0.25, 0.3) is 0 Å². The first-order valence-corrected chi connectivity index (χ1v) is 9.01. The average Bonchev–Trinajstić information content (AvgIpc) is 3.18. The largest absolute Gasteiger partial charge is 0.493 e. The highest BCUT2D eigenvalue weighted by molar-refractivity contribution is 5.91. The van der Waals surface area contributed by atoms with Crippen molar-refractivity contribution in [2.75, 3.05) is 24.0 Å². The molecule has 0 saturated carbocycles. The first-order valence-electron chi connectivity index (χ1n) is 9.01. The number of para-hydroxylation sites is 1. The number of nitrogens with one attached hydrogen (secondary N) is 2. The standard InChI is InChI=1S/C22H20N2O4/c25-22(12-13-26-19-4-2-1-3-5-19)24-17-8-6-16(7-9-17)23-18-10-11-20-21(14-18)28-15-27-20/h1-11,14,23H,12-13,15H2,(H,24,25). The number of hydrogen-bond acceptors (Lipinski definition) is 5. The first-order chi connectivity index (χ1) is 13.8. The van der Waals surface area contributed by atoms with Crippen molar-refractivity contribution in [3.05, 3.63) is 72.8 Å². The van der Waals surface area contributed by atoms with Gasteiger partial charge >= 0.3 is 0 Å². The van der Waals surface area contributed by atoms with Crippen LogP contribution in [0.1, 0.15) is 6.42 Å². The number of benzene rings is 3. The van der Waals surface area contributed by atoms with E-state index < -0.39 is 0 Å². The maximum absolute atomic E-state index is 12.1.